The van der Waals surface area contributed by atoms with E-state index in [-0.39, 0.29) is 23.4 Å². The van der Waals surface area contributed by atoms with Crippen molar-refractivity contribution in [2.75, 3.05) is 7.11 Å². The number of carbonyl (C=O) groups is 2. The zero-order valence-electron chi connectivity index (χ0n) is 15.5. The Morgan fingerprint density at radius 3 is 2.31 bits per heavy atom. The number of hydrogen-bond acceptors (Lipinski definition) is 6. The first-order chi connectivity index (χ1) is 13.9. The van der Waals surface area contributed by atoms with E-state index in [4.69, 9.17) is 4.74 Å². The van der Waals surface area contributed by atoms with Crippen molar-refractivity contribution in [2.45, 2.75) is 12.5 Å². The van der Waals surface area contributed by atoms with Gasteiger partial charge < -0.3 is 15.2 Å². The first-order valence-electron chi connectivity index (χ1n) is 8.73. The highest BCUT2D eigenvalue weighted by molar-refractivity contribution is 6.02. The van der Waals surface area contributed by atoms with E-state index >= 15 is 0 Å². The molecule has 0 fully saturated rings. The van der Waals surface area contributed by atoms with Crippen LogP contribution in [-0.2, 0) is 16.0 Å². The molecule has 3 rings (SSSR count). The number of non-ortho nitro benzene ring substituents is 1. The average molecular weight is 394 g/mol. The lowest BCUT2D eigenvalue weighted by Crippen LogP contribution is -2.43. The number of methoxy groups -OCH3 is 1. The summed E-state index contributed by atoms with van der Waals surface area (Å²) in [5.41, 5.74) is 0.559. The summed E-state index contributed by atoms with van der Waals surface area (Å²) in [5, 5.41) is 25.1. The number of fused-ring (bicyclic) bond motifs is 1. The summed E-state index contributed by atoms with van der Waals surface area (Å²) < 4.78 is 4.76. The van der Waals surface area contributed by atoms with Crippen LogP contribution in [-0.4, -0.2) is 35.1 Å². The van der Waals surface area contributed by atoms with E-state index in [1.165, 1.54) is 37.4 Å². The third-order valence-electron chi connectivity index (χ3n) is 4.49. The van der Waals surface area contributed by atoms with Crippen molar-refractivity contribution in [1.29, 1.82) is 0 Å². The van der Waals surface area contributed by atoms with Gasteiger partial charge in [0.25, 0.3) is 11.6 Å². The molecule has 0 aliphatic heterocycles. The number of nitro groups is 1. The predicted octanol–water partition coefficient (Wildman–Crippen LogP) is 2.97. The minimum Gasteiger partial charge on any atom is -0.507 e. The predicted molar refractivity (Wildman–Crippen MR) is 106 cm³/mol. The van der Waals surface area contributed by atoms with E-state index in [0.717, 1.165) is 10.8 Å². The summed E-state index contributed by atoms with van der Waals surface area (Å²) in [6.07, 6.45) is 0.0742. The number of rotatable bonds is 6. The number of nitrogens with one attached hydrogen (secondary N) is 1. The first-order valence-corrected chi connectivity index (χ1v) is 8.73. The molecular weight excluding hydrogens is 376 g/mol. The molecule has 0 saturated carbocycles. The Labute approximate surface area is 165 Å². The van der Waals surface area contributed by atoms with Crippen molar-refractivity contribution >= 4 is 28.3 Å². The van der Waals surface area contributed by atoms with E-state index < -0.39 is 22.8 Å². The Morgan fingerprint density at radius 1 is 1.10 bits per heavy atom. The van der Waals surface area contributed by atoms with Crippen LogP contribution in [0.1, 0.15) is 15.9 Å². The van der Waals surface area contributed by atoms with Crippen molar-refractivity contribution in [1.82, 2.24) is 5.32 Å². The number of carbonyl (C=O) groups excluding carboxylic acids is 2. The van der Waals surface area contributed by atoms with Crippen LogP contribution in [0.5, 0.6) is 5.75 Å². The molecule has 8 heteroatoms. The second-order valence-corrected chi connectivity index (χ2v) is 6.39. The van der Waals surface area contributed by atoms with Crippen LogP contribution < -0.4 is 5.32 Å². The molecule has 3 aromatic rings. The van der Waals surface area contributed by atoms with Gasteiger partial charge in [0.15, 0.2) is 0 Å². The molecule has 3 aromatic carbocycles. The number of hydrogen-bond donors (Lipinski definition) is 2. The van der Waals surface area contributed by atoms with Crippen LogP contribution in [0, 0.1) is 10.1 Å². The minimum absolute atomic E-state index is 0.0290. The lowest BCUT2D eigenvalue weighted by molar-refractivity contribution is -0.384. The van der Waals surface area contributed by atoms with Gasteiger partial charge in [0, 0.05) is 18.6 Å². The lowest BCUT2D eigenvalue weighted by atomic mass is 10.0. The number of aromatic hydroxyl groups is 1. The Kier molecular flexibility index (Phi) is 5.73. The van der Waals surface area contributed by atoms with Gasteiger partial charge >= 0.3 is 5.97 Å². The highest BCUT2D eigenvalue weighted by Crippen LogP contribution is 2.25. The molecule has 0 bridgehead atoms. The summed E-state index contributed by atoms with van der Waals surface area (Å²) in [6, 6.07) is 14.9. The van der Waals surface area contributed by atoms with Crippen LogP contribution in [0.4, 0.5) is 5.69 Å². The number of benzene rings is 3. The van der Waals surface area contributed by atoms with Gasteiger partial charge in [-0.3, -0.25) is 14.9 Å². The van der Waals surface area contributed by atoms with Gasteiger partial charge in [-0.1, -0.05) is 36.4 Å². The molecule has 29 heavy (non-hydrogen) atoms. The topological polar surface area (TPSA) is 119 Å². The highest BCUT2D eigenvalue weighted by Gasteiger charge is 2.24. The Hall–Kier alpha value is -3.94. The minimum atomic E-state index is -1.03. The third kappa shape index (κ3) is 4.49. The van der Waals surface area contributed by atoms with E-state index in [1.807, 2.05) is 18.2 Å². The molecule has 0 aliphatic carbocycles. The number of phenols is 1. The highest BCUT2D eigenvalue weighted by atomic mass is 16.6. The van der Waals surface area contributed by atoms with Crippen LogP contribution >= 0.6 is 0 Å². The molecule has 1 amide bonds. The summed E-state index contributed by atoms with van der Waals surface area (Å²) in [5.74, 6) is -1.51. The van der Waals surface area contributed by atoms with Gasteiger partial charge in [0.1, 0.15) is 11.8 Å². The van der Waals surface area contributed by atoms with Crippen molar-refractivity contribution < 1.29 is 24.4 Å². The second kappa shape index (κ2) is 8.39. The average Bonchev–Trinajstić information content (AvgIpc) is 2.72. The van der Waals surface area contributed by atoms with Gasteiger partial charge in [0.2, 0.25) is 0 Å². The quantitative estimate of drug-likeness (QED) is 0.377. The standard InChI is InChI=1S/C21H18N2O6/c1-29-21(26)18(10-13-6-8-16(9-7-13)23(27)28)22-20(25)17-11-14-4-2-3-5-15(14)12-19(17)24/h2-9,11-12,18,24H,10H2,1H3,(H,22,25)/t18-/m0/s1. The van der Waals surface area contributed by atoms with Gasteiger partial charge in [-0.2, -0.15) is 0 Å². The van der Waals surface area contributed by atoms with E-state index in [1.54, 1.807) is 12.1 Å². The Bertz CT molecular complexity index is 1080. The van der Waals surface area contributed by atoms with Crippen molar-refractivity contribution in [3.8, 4) is 5.75 Å². The van der Waals surface area contributed by atoms with Crippen LogP contribution in [0.25, 0.3) is 10.8 Å². The van der Waals surface area contributed by atoms with Crippen molar-refractivity contribution in [3.05, 3.63) is 81.9 Å². The van der Waals surface area contributed by atoms with Crippen molar-refractivity contribution in [3.63, 3.8) is 0 Å². The van der Waals surface area contributed by atoms with E-state index in [0.29, 0.717) is 5.56 Å². The number of ether oxygens (including phenoxy) is 1. The number of esters is 1. The van der Waals surface area contributed by atoms with E-state index in [2.05, 4.69) is 5.32 Å². The number of nitro benzene ring substituents is 1. The zero-order valence-corrected chi connectivity index (χ0v) is 15.5. The Morgan fingerprint density at radius 2 is 1.72 bits per heavy atom. The monoisotopic (exact) mass is 394 g/mol. The molecule has 1 atom stereocenters. The molecule has 148 valence electrons. The second-order valence-electron chi connectivity index (χ2n) is 6.39. The number of nitrogens with zero attached hydrogens (tertiary/aromatic N) is 1. The van der Waals surface area contributed by atoms with Crippen LogP contribution in [0.3, 0.4) is 0 Å². The molecule has 2 N–H and O–H groups in total. The fourth-order valence-corrected chi connectivity index (χ4v) is 2.97. The third-order valence-corrected chi connectivity index (χ3v) is 4.49. The fraction of sp³-hybridized carbons (Fsp3) is 0.143. The molecule has 0 aromatic heterocycles. The molecule has 0 spiro atoms. The summed E-state index contributed by atoms with van der Waals surface area (Å²) in [4.78, 5) is 35.1. The van der Waals surface area contributed by atoms with Crippen LogP contribution in [0.15, 0.2) is 60.7 Å². The molecule has 0 aliphatic rings. The van der Waals surface area contributed by atoms with Gasteiger partial charge in [0.05, 0.1) is 17.6 Å². The van der Waals surface area contributed by atoms with Gasteiger partial charge in [-0.15, -0.1) is 0 Å². The van der Waals surface area contributed by atoms with Crippen LogP contribution in [0.2, 0.25) is 0 Å². The SMILES string of the molecule is COC(=O)[C@H](Cc1ccc([N+](=O)[O-])cc1)NC(=O)c1cc2ccccc2cc1O. The maximum atomic E-state index is 12.7. The van der Waals surface area contributed by atoms with Gasteiger partial charge in [-0.05, 0) is 28.5 Å². The first kappa shape index (κ1) is 19.8. The van der Waals surface area contributed by atoms with Gasteiger partial charge in [-0.25, -0.2) is 4.79 Å². The summed E-state index contributed by atoms with van der Waals surface area (Å²) >= 11 is 0. The lowest BCUT2D eigenvalue weighted by Gasteiger charge is -2.17. The Balaban J connectivity index is 1.83. The zero-order chi connectivity index (χ0) is 21.0. The largest absolute Gasteiger partial charge is 0.507 e. The molecular formula is C21H18N2O6. The summed E-state index contributed by atoms with van der Waals surface area (Å²) in [6.45, 7) is 0. The number of phenolic OH excluding ortho intramolecular Hbond substituents is 1. The van der Waals surface area contributed by atoms with E-state index in [9.17, 15) is 24.8 Å². The number of amides is 1. The fourth-order valence-electron chi connectivity index (χ4n) is 2.97. The van der Waals surface area contributed by atoms with Crippen molar-refractivity contribution in [2.24, 2.45) is 0 Å². The maximum absolute atomic E-state index is 12.7. The normalized spacial score (nSPS) is 11.6. The molecule has 0 unspecified atom stereocenters. The molecule has 8 nitrogen and oxygen atoms in total. The molecule has 0 radical (unpaired) electrons. The molecule has 0 heterocycles. The maximum Gasteiger partial charge on any atom is 0.328 e. The molecule has 0 saturated heterocycles. The smallest absolute Gasteiger partial charge is 0.328 e. The summed E-state index contributed by atoms with van der Waals surface area (Å²) in [7, 11) is 1.20.